The van der Waals surface area contributed by atoms with Crippen molar-refractivity contribution < 1.29 is 13.6 Å². The first-order chi connectivity index (χ1) is 13.7. The monoisotopic (exact) mass is 519 g/mol. The van der Waals surface area contributed by atoms with Crippen molar-refractivity contribution in [1.29, 1.82) is 0 Å². The summed E-state index contributed by atoms with van der Waals surface area (Å²) in [6, 6.07) is 15.2. The fourth-order valence-electron chi connectivity index (χ4n) is 3.32. The third kappa shape index (κ3) is 7.24. The van der Waals surface area contributed by atoms with Crippen molar-refractivity contribution in [3.63, 3.8) is 0 Å². The Balaban J connectivity index is 0.000000537. The Labute approximate surface area is 192 Å². The fraction of sp³-hybridized carbons (Fsp3) is 0.381. The summed E-state index contributed by atoms with van der Waals surface area (Å²) in [6.07, 6.45) is 0. The SMILES string of the molecule is CCN(CC)c1ccc2cc3ccc(=[N+](CC)CC)cc-3oc2c1.[Cl][Fe-]([Cl])([Cl])[Cl]. The molecule has 0 fully saturated rings. The van der Waals surface area contributed by atoms with Crippen LogP contribution in [0.3, 0.4) is 0 Å². The van der Waals surface area contributed by atoms with E-state index < -0.39 is 9.20 Å². The molecule has 1 aliphatic carbocycles. The van der Waals surface area contributed by atoms with Crippen LogP contribution in [0.5, 0.6) is 0 Å². The van der Waals surface area contributed by atoms with Gasteiger partial charge in [-0.2, -0.15) is 0 Å². The quantitative estimate of drug-likeness (QED) is 0.206. The van der Waals surface area contributed by atoms with Crippen molar-refractivity contribution >= 4 is 57.0 Å². The van der Waals surface area contributed by atoms with Crippen LogP contribution in [0, 0.1) is 0 Å². The molecule has 0 saturated carbocycles. The molecule has 0 N–H and O–H groups in total. The first-order valence-electron chi connectivity index (χ1n) is 9.54. The van der Waals surface area contributed by atoms with Crippen molar-refractivity contribution in [1.82, 2.24) is 4.58 Å². The second-order valence-electron chi connectivity index (χ2n) is 6.34. The normalized spacial score (nSPS) is 11.9. The molecule has 1 aromatic rings. The van der Waals surface area contributed by atoms with Gasteiger partial charge in [0.2, 0.25) is 5.36 Å². The van der Waals surface area contributed by atoms with E-state index in [1.165, 1.54) is 11.0 Å². The van der Waals surface area contributed by atoms with Gasteiger partial charge in [0, 0.05) is 41.9 Å². The van der Waals surface area contributed by atoms with Gasteiger partial charge in [-0.25, -0.2) is 4.58 Å². The molecule has 0 amide bonds. The number of hydrogen-bond acceptors (Lipinski definition) is 2. The standard InChI is InChI=1S/C21H27N2O.4ClH.Fe/c1-5-22(6-2)18-11-9-16-13-17-10-12-19(23(7-3)8-4)15-21(17)24-20(16)14-18;;;;;/h9-15H,5-8H2,1-4H3;4*1H;/q+1;;;;;+3/p-4. The minimum atomic E-state index is -2.61. The number of halogens is 4. The first kappa shape index (κ1) is 24.7. The first-order valence-corrected chi connectivity index (χ1v) is 15.6. The van der Waals surface area contributed by atoms with Crippen LogP contribution < -0.4 is 14.8 Å². The van der Waals surface area contributed by atoms with E-state index >= 15 is 0 Å². The van der Waals surface area contributed by atoms with E-state index in [1.807, 2.05) is 0 Å². The molecule has 0 spiro atoms. The van der Waals surface area contributed by atoms with Crippen LogP contribution >= 0.6 is 40.4 Å². The van der Waals surface area contributed by atoms with Crippen LogP contribution in [-0.2, 0) is 9.20 Å². The van der Waals surface area contributed by atoms with Gasteiger partial charge in [0.25, 0.3) is 0 Å². The molecule has 3 nitrogen and oxygen atoms in total. The van der Waals surface area contributed by atoms with E-state index in [0.29, 0.717) is 0 Å². The number of benzene rings is 2. The van der Waals surface area contributed by atoms with Crippen molar-refractivity contribution in [3.8, 4) is 11.3 Å². The minimum absolute atomic E-state index is 0.948. The van der Waals surface area contributed by atoms with Crippen LogP contribution in [0.4, 0.5) is 5.69 Å². The second-order valence-corrected chi connectivity index (χ2v) is 17.3. The molecule has 1 heterocycles. The van der Waals surface area contributed by atoms with Gasteiger partial charge in [-0.1, -0.05) is 0 Å². The fourth-order valence-corrected chi connectivity index (χ4v) is 3.32. The molecule has 3 rings (SSSR count). The van der Waals surface area contributed by atoms with Crippen molar-refractivity contribution in [2.24, 2.45) is 0 Å². The number of nitrogens with zero attached hydrogens (tertiary/aromatic N) is 2. The van der Waals surface area contributed by atoms with E-state index in [4.69, 9.17) is 44.8 Å². The van der Waals surface area contributed by atoms with Gasteiger partial charge in [0.15, 0.2) is 0 Å². The Morgan fingerprint density at radius 3 is 2.03 bits per heavy atom. The summed E-state index contributed by atoms with van der Waals surface area (Å²) in [5.74, 6) is 0.948. The van der Waals surface area contributed by atoms with Gasteiger partial charge in [-0.05, 0) is 52.0 Å². The van der Waals surface area contributed by atoms with Crippen molar-refractivity contribution in [2.45, 2.75) is 27.7 Å². The van der Waals surface area contributed by atoms with Crippen molar-refractivity contribution in [3.05, 3.63) is 47.8 Å². The molecule has 0 radical (unpaired) electrons. The predicted molar refractivity (Wildman–Crippen MR) is 126 cm³/mol. The zero-order valence-corrected chi connectivity index (χ0v) is 21.2. The Morgan fingerprint density at radius 2 is 1.48 bits per heavy atom. The third-order valence-electron chi connectivity index (χ3n) is 4.78. The Bertz CT molecular complexity index is 968. The van der Waals surface area contributed by atoms with Crippen LogP contribution in [0.2, 0.25) is 0 Å². The van der Waals surface area contributed by atoms with Gasteiger partial charge in [-0.15, -0.1) is 0 Å². The summed E-state index contributed by atoms with van der Waals surface area (Å²) >= 11 is 0. The second kappa shape index (κ2) is 11.1. The van der Waals surface area contributed by atoms with Gasteiger partial charge in [-0.3, -0.25) is 0 Å². The molecule has 163 valence electrons. The summed E-state index contributed by atoms with van der Waals surface area (Å²) < 4.78 is 8.59. The zero-order valence-electron chi connectivity index (χ0n) is 17.0. The van der Waals surface area contributed by atoms with Crippen molar-refractivity contribution in [2.75, 3.05) is 31.1 Å². The Kier molecular flexibility index (Phi) is 9.47. The summed E-state index contributed by atoms with van der Waals surface area (Å²) in [4.78, 5) is 2.34. The van der Waals surface area contributed by atoms with Crippen LogP contribution in [-0.4, -0.2) is 26.2 Å². The van der Waals surface area contributed by atoms with Crippen LogP contribution in [0.15, 0.2) is 46.9 Å². The number of fused-ring (bicyclic) bond motifs is 2. The molecule has 8 heteroatoms. The Hall–Kier alpha value is -0.611. The van der Waals surface area contributed by atoms with Gasteiger partial charge < -0.3 is 9.32 Å². The number of anilines is 1. The van der Waals surface area contributed by atoms with Crippen LogP contribution in [0.1, 0.15) is 27.7 Å². The molecule has 2 aliphatic rings. The van der Waals surface area contributed by atoms with Gasteiger partial charge in [0.1, 0.15) is 24.4 Å². The van der Waals surface area contributed by atoms with E-state index in [9.17, 15) is 0 Å². The molecule has 0 atom stereocenters. The summed E-state index contributed by atoms with van der Waals surface area (Å²) in [5.41, 5.74) is 3.31. The van der Waals surface area contributed by atoms with Crippen LogP contribution in [0.25, 0.3) is 22.3 Å². The van der Waals surface area contributed by atoms with Gasteiger partial charge in [0.05, 0.1) is 6.07 Å². The molecule has 0 bridgehead atoms. The molecule has 0 aromatic heterocycles. The van der Waals surface area contributed by atoms with E-state index in [2.05, 4.69) is 79.6 Å². The molecule has 0 unspecified atom stereocenters. The molecular formula is C21H27Cl4FeN2O. The topological polar surface area (TPSA) is 19.4 Å². The summed E-state index contributed by atoms with van der Waals surface area (Å²) in [7, 11) is 17.2. The van der Waals surface area contributed by atoms with E-state index in [1.54, 1.807) is 0 Å². The number of hydrogen-bond donors (Lipinski definition) is 0. The predicted octanol–water partition coefficient (Wildman–Crippen LogP) is 6.95. The molecule has 1 aliphatic heterocycles. The average Bonchev–Trinajstić information content (AvgIpc) is 2.67. The maximum absolute atomic E-state index is 6.25. The molecule has 1 aromatic carbocycles. The van der Waals surface area contributed by atoms with Gasteiger partial charge >= 0.3 is 49.6 Å². The third-order valence-corrected chi connectivity index (χ3v) is 4.78. The van der Waals surface area contributed by atoms with E-state index in [-0.39, 0.29) is 0 Å². The summed E-state index contributed by atoms with van der Waals surface area (Å²) in [6.45, 7) is 12.7. The molecular weight excluding hydrogens is 494 g/mol. The zero-order chi connectivity index (χ0) is 21.6. The maximum atomic E-state index is 6.25. The average molecular weight is 521 g/mol. The molecule has 29 heavy (non-hydrogen) atoms. The summed E-state index contributed by atoms with van der Waals surface area (Å²) in [5, 5.41) is 2.37. The molecule has 0 saturated heterocycles. The number of rotatable bonds is 5. The Morgan fingerprint density at radius 1 is 0.862 bits per heavy atom. The van der Waals surface area contributed by atoms with E-state index in [0.717, 1.165) is 48.5 Å².